The molecule has 3 rings (SSSR count). The first-order valence-corrected chi connectivity index (χ1v) is 15.2. The highest BCUT2D eigenvalue weighted by molar-refractivity contribution is 7.89. The first-order chi connectivity index (χ1) is 17.9. The summed E-state index contributed by atoms with van der Waals surface area (Å²) < 4.78 is 34.6. The fourth-order valence-corrected chi connectivity index (χ4v) is 6.91. The van der Waals surface area contributed by atoms with Gasteiger partial charge < -0.3 is 9.64 Å². The Bertz CT molecular complexity index is 1320. The lowest BCUT2D eigenvalue weighted by atomic mass is 10.2. The second-order valence-electron chi connectivity index (χ2n) is 10.6. The summed E-state index contributed by atoms with van der Waals surface area (Å²) in [6, 6.07) is 11.9. The van der Waals surface area contributed by atoms with Crippen LogP contribution in [0.2, 0.25) is 0 Å². The molecule has 0 saturated heterocycles. The van der Waals surface area contributed by atoms with Gasteiger partial charge in [-0.25, -0.2) is 13.4 Å². The number of sulfonamides is 1. The number of hydrogen-bond acceptors (Lipinski definition) is 7. The lowest BCUT2D eigenvalue weighted by Crippen LogP contribution is -2.37. The Morgan fingerprint density at radius 2 is 1.59 bits per heavy atom. The second-order valence-corrected chi connectivity index (χ2v) is 13.5. The normalized spacial score (nSPS) is 12.0. The molecule has 2 aromatic carbocycles. The molecule has 0 bridgehead atoms. The molecule has 0 fully saturated rings. The predicted octanol–water partition coefficient (Wildman–Crippen LogP) is 5.63. The van der Waals surface area contributed by atoms with Crippen molar-refractivity contribution in [3.05, 3.63) is 48.0 Å². The number of halogens is 1. The summed E-state index contributed by atoms with van der Waals surface area (Å²) in [4.78, 5) is 22.4. The summed E-state index contributed by atoms with van der Waals surface area (Å²) in [5.41, 5.74) is 1.22. The number of methoxy groups -OCH3 is 1. The number of amides is 1. The van der Waals surface area contributed by atoms with E-state index >= 15 is 0 Å². The number of rotatable bonds is 13. The summed E-state index contributed by atoms with van der Waals surface area (Å²) in [7, 11) is 1.94. The molecule has 1 heterocycles. The van der Waals surface area contributed by atoms with Crippen LogP contribution in [-0.2, 0) is 10.0 Å². The van der Waals surface area contributed by atoms with Crippen LogP contribution < -0.4 is 9.64 Å². The Balaban J connectivity index is 0.00000533. The quantitative estimate of drug-likeness (QED) is 0.254. The van der Waals surface area contributed by atoms with E-state index in [2.05, 4.69) is 4.90 Å². The average Bonchev–Trinajstić information content (AvgIpc) is 3.28. The molecule has 39 heavy (non-hydrogen) atoms. The fourth-order valence-electron chi connectivity index (χ4n) is 4.12. The Morgan fingerprint density at radius 1 is 0.974 bits per heavy atom. The smallest absolute Gasteiger partial charge is 0.260 e. The molecule has 11 heteroatoms. The molecule has 0 unspecified atom stereocenters. The van der Waals surface area contributed by atoms with Gasteiger partial charge in [-0.15, -0.1) is 12.4 Å². The van der Waals surface area contributed by atoms with E-state index < -0.39 is 10.0 Å². The van der Waals surface area contributed by atoms with E-state index in [-0.39, 0.29) is 35.0 Å². The van der Waals surface area contributed by atoms with Gasteiger partial charge in [-0.3, -0.25) is 9.69 Å². The molecule has 1 amide bonds. The monoisotopic (exact) mass is 596 g/mol. The highest BCUT2D eigenvalue weighted by Gasteiger charge is 2.27. The molecule has 0 spiro atoms. The molecule has 0 N–H and O–H groups in total. The summed E-state index contributed by atoms with van der Waals surface area (Å²) in [5, 5.41) is 0.605. The highest BCUT2D eigenvalue weighted by Crippen LogP contribution is 2.32. The van der Waals surface area contributed by atoms with E-state index in [4.69, 9.17) is 9.72 Å². The van der Waals surface area contributed by atoms with E-state index in [1.165, 1.54) is 23.5 Å². The highest BCUT2D eigenvalue weighted by atomic mass is 35.5. The summed E-state index contributed by atoms with van der Waals surface area (Å²) in [6.07, 6.45) is 0.768. The SMILES string of the molecule is COc1ccc2nc(N(CCCN(C)C)C(=O)c3ccc(S(=O)(=O)N(CC(C)C)CC(C)C)cc3)sc2c1.Cl. The minimum absolute atomic E-state index is 0. The van der Waals surface area contributed by atoms with Crippen molar-refractivity contribution >= 4 is 55.0 Å². The van der Waals surface area contributed by atoms with E-state index in [1.54, 1.807) is 28.4 Å². The molecule has 0 aliphatic rings. The average molecular weight is 597 g/mol. The van der Waals surface area contributed by atoms with Crippen LogP contribution in [0.5, 0.6) is 5.75 Å². The third-order valence-electron chi connectivity index (χ3n) is 5.92. The molecule has 0 radical (unpaired) electrons. The lowest BCUT2D eigenvalue weighted by molar-refractivity contribution is 0.0986. The number of nitrogens with zero attached hydrogens (tertiary/aromatic N) is 4. The van der Waals surface area contributed by atoms with Gasteiger partial charge >= 0.3 is 0 Å². The van der Waals surface area contributed by atoms with Gasteiger partial charge in [-0.2, -0.15) is 4.31 Å². The van der Waals surface area contributed by atoms with Gasteiger partial charge in [0.2, 0.25) is 10.0 Å². The Morgan fingerprint density at radius 3 is 2.13 bits per heavy atom. The van der Waals surface area contributed by atoms with Crippen LogP contribution >= 0.6 is 23.7 Å². The van der Waals surface area contributed by atoms with Gasteiger partial charge in [0.05, 0.1) is 22.2 Å². The van der Waals surface area contributed by atoms with Crippen LogP contribution in [0.1, 0.15) is 44.5 Å². The van der Waals surface area contributed by atoms with Gasteiger partial charge in [0.1, 0.15) is 5.75 Å². The number of hydrogen-bond donors (Lipinski definition) is 0. The third kappa shape index (κ3) is 8.62. The fraction of sp³-hybridized carbons (Fsp3) is 0.500. The minimum atomic E-state index is -3.67. The van der Waals surface area contributed by atoms with Crippen molar-refractivity contribution in [2.75, 3.05) is 52.3 Å². The number of aromatic nitrogens is 1. The zero-order chi connectivity index (χ0) is 28.0. The van der Waals surface area contributed by atoms with Crippen molar-refractivity contribution in [3.63, 3.8) is 0 Å². The van der Waals surface area contributed by atoms with E-state index in [1.807, 2.05) is 60.0 Å². The number of carbonyl (C=O) groups excluding carboxylic acids is 1. The number of thiazole rings is 1. The largest absolute Gasteiger partial charge is 0.497 e. The van der Waals surface area contributed by atoms with Crippen molar-refractivity contribution < 1.29 is 17.9 Å². The number of fused-ring (bicyclic) bond motifs is 1. The molecular weight excluding hydrogens is 556 g/mol. The van der Waals surface area contributed by atoms with E-state index in [9.17, 15) is 13.2 Å². The minimum Gasteiger partial charge on any atom is -0.497 e. The molecule has 0 aliphatic heterocycles. The molecule has 0 saturated carbocycles. The van der Waals surface area contributed by atoms with Crippen molar-refractivity contribution in [2.45, 2.75) is 39.0 Å². The Labute approximate surface area is 243 Å². The standard InChI is InChI=1S/C28H40N4O4S2.ClH/c1-20(2)18-31(19-21(3)4)38(34,35)24-12-9-22(10-13-24)27(33)32(16-8-15-30(5)6)28-29-25-14-11-23(36-7)17-26(25)37-28;/h9-14,17,20-21H,8,15-16,18-19H2,1-7H3;1H. The maximum absolute atomic E-state index is 13.7. The Hall–Kier alpha value is -2.24. The first kappa shape index (κ1) is 33.0. The van der Waals surface area contributed by atoms with E-state index in [0.717, 1.165) is 28.9 Å². The molecule has 0 aliphatic carbocycles. The number of benzene rings is 2. The van der Waals surface area contributed by atoms with Crippen LogP contribution in [0, 0.1) is 11.8 Å². The zero-order valence-electron chi connectivity index (χ0n) is 23.9. The molecule has 216 valence electrons. The summed E-state index contributed by atoms with van der Waals surface area (Å²) >= 11 is 1.44. The van der Waals surface area contributed by atoms with Gasteiger partial charge in [-0.1, -0.05) is 39.0 Å². The molecule has 3 aromatic rings. The van der Waals surface area contributed by atoms with Crippen LogP contribution in [-0.4, -0.2) is 75.9 Å². The first-order valence-electron chi connectivity index (χ1n) is 12.9. The third-order valence-corrected chi connectivity index (χ3v) is 8.81. The van der Waals surface area contributed by atoms with Crippen molar-refractivity contribution in [2.24, 2.45) is 11.8 Å². The lowest BCUT2D eigenvalue weighted by Gasteiger charge is -2.26. The van der Waals surface area contributed by atoms with Crippen LogP contribution in [0.3, 0.4) is 0 Å². The van der Waals surface area contributed by atoms with Crippen molar-refractivity contribution in [3.8, 4) is 5.75 Å². The van der Waals surface area contributed by atoms with Gasteiger partial charge in [0, 0.05) is 25.2 Å². The summed E-state index contributed by atoms with van der Waals surface area (Å²) in [5.74, 6) is 0.932. The van der Waals surface area contributed by atoms with Crippen LogP contribution in [0.15, 0.2) is 47.4 Å². The maximum atomic E-state index is 13.7. The van der Waals surface area contributed by atoms with Crippen molar-refractivity contribution in [1.29, 1.82) is 0 Å². The predicted molar refractivity (Wildman–Crippen MR) is 163 cm³/mol. The number of anilines is 1. The van der Waals surface area contributed by atoms with E-state index in [0.29, 0.717) is 30.3 Å². The molecule has 0 atom stereocenters. The molecular formula is C28H41ClN4O4S2. The van der Waals surface area contributed by atoms with Gasteiger partial charge in [-0.05, 0) is 81.4 Å². The van der Waals surface area contributed by atoms with Crippen LogP contribution in [0.4, 0.5) is 5.13 Å². The van der Waals surface area contributed by atoms with Gasteiger partial charge in [0.15, 0.2) is 5.13 Å². The zero-order valence-corrected chi connectivity index (χ0v) is 26.3. The second kappa shape index (κ2) is 14.4. The maximum Gasteiger partial charge on any atom is 0.260 e. The molecule has 1 aromatic heterocycles. The molecule has 8 nitrogen and oxygen atoms in total. The number of ether oxygens (including phenoxy) is 1. The summed E-state index contributed by atoms with van der Waals surface area (Å²) in [6.45, 7) is 10.2. The Kier molecular flexibility index (Phi) is 12.2. The van der Waals surface area contributed by atoms with Crippen molar-refractivity contribution in [1.82, 2.24) is 14.2 Å². The topological polar surface area (TPSA) is 83.0 Å². The number of carbonyl (C=O) groups is 1. The van der Waals surface area contributed by atoms with Gasteiger partial charge in [0.25, 0.3) is 5.91 Å². The van der Waals surface area contributed by atoms with Crippen LogP contribution in [0.25, 0.3) is 10.2 Å².